The van der Waals surface area contributed by atoms with Crippen LogP contribution < -0.4 is 9.47 Å². The van der Waals surface area contributed by atoms with Crippen molar-refractivity contribution in [1.82, 2.24) is 0 Å². The lowest BCUT2D eigenvalue weighted by atomic mass is 9.92. The second kappa shape index (κ2) is 20.5. The Labute approximate surface area is 297 Å². The van der Waals surface area contributed by atoms with Gasteiger partial charge < -0.3 is 38.6 Å². The molecule has 1 saturated heterocycles. The van der Waals surface area contributed by atoms with Gasteiger partial charge in [-0.1, -0.05) is 0 Å². The van der Waals surface area contributed by atoms with Gasteiger partial charge in [-0.15, -0.1) is 24.7 Å². The number of terminal acetylenes is 2. The molecule has 1 unspecified atom stereocenters. The van der Waals surface area contributed by atoms with Crippen LogP contribution in [-0.2, 0) is 28.5 Å². The summed E-state index contributed by atoms with van der Waals surface area (Å²) in [6.45, 7) is -0.994. The molecule has 22 heteroatoms. The molecule has 54 heavy (non-hydrogen) atoms. The van der Waals surface area contributed by atoms with Gasteiger partial charge in [0.2, 0.25) is 69.7 Å². The van der Waals surface area contributed by atoms with E-state index in [2.05, 4.69) is 40.3 Å². The van der Waals surface area contributed by atoms with Crippen molar-refractivity contribution in [2.75, 3.05) is 39.6 Å². The Kier molecular flexibility index (Phi) is 17.6. The van der Waals surface area contributed by atoms with Crippen LogP contribution in [-0.4, -0.2) is 74.1 Å². The minimum absolute atomic E-state index is 0.0780. The van der Waals surface area contributed by atoms with E-state index < -0.39 is 131 Å². The van der Waals surface area contributed by atoms with Crippen LogP contribution in [0.3, 0.4) is 0 Å². The molecule has 12 nitrogen and oxygen atoms in total. The van der Waals surface area contributed by atoms with Crippen LogP contribution in [0.15, 0.2) is 0 Å². The standard InChI is InChI=1S/C16H13F5O6.C12H7F5O5.C4H6O/c1-3-4-5-25-15(24)26-7-16(2,6-22)14(23)27-13-11(20)9(18)8(17)10(19)12(13)21;1-12(2-20-11(19)21-3-12)10(18)22-9-7(16)5(14)4(13)6(15)8(9)17;1-2-3-4-5/h1,22H,4-7H2,2H3;2-3H2,1H3;1,5H,3-4H2. The summed E-state index contributed by atoms with van der Waals surface area (Å²) in [5.41, 5.74) is -3.75. The maximum Gasteiger partial charge on any atom is 0.508 e. The molecule has 1 atom stereocenters. The minimum atomic E-state index is -2.44. The average Bonchev–Trinajstić information content (AvgIpc) is 3.16. The van der Waals surface area contributed by atoms with E-state index in [4.69, 9.17) is 18.0 Å². The van der Waals surface area contributed by atoms with Crippen molar-refractivity contribution < 1.29 is 102 Å². The van der Waals surface area contributed by atoms with Gasteiger partial charge >= 0.3 is 24.2 Å². The molecule has 0 amide bonds. The third kappa shape index (κ3) is 11.6. The molecule has 0 aliphatic carbocycles. The molecule has 1 aliphatic rings. The summed E-state index contributed by atoms with van der Waals surface area (Å²) in [4.78, 5) is 45.9. The van der Waals surface area contributed by atoms with Crippen LogP contribution in [0.25, 0.3) is 0 Å². The van der Waals surface area contributed by atoms with Crippen LogP contribution in [0.5, 0.6) is 11.5 Å². The Morgan fingerprint density at radius 3 is 1.50 bits per heavy atom. The van der Waals surface area contributed by atoms with E-state index in [1.165, 1.54) is 0 Å². The molecule has 2 N–H and O–H groups in total. The molecule has 0 spiro atoms. The lowest BCUT2D eigenvalue weighted by molar-refractivity contribution is -0.156. The number of aliphatic hydroxyl groups excluding tert-OH is 2. The Morgan fingerprint density at radius 1 is 0.722 bits per heavy atom. The van der Waals surface area contributed by atoms with Gasteiger partial charge in [0, 0.05) is 12.8 Å². The smallest absolute Gasteiger partial charge is 0.433 e. The van der Waals surface area contributed by atoms with E-state index in [0.717, 1.165) is 13.8 Å². The zero-order chi connectivity index (χ0) is 41.6. The van der Waals surface area contributed by atoms with Crippen molar-refractivity contribution in [3.05, 3.63) is 58.2 Å². The molecule has 2 aromatic carbocycles. The summed E-state index contributed by atoms with van der Waals surface area (Å²) in [5, 5.41) is 17.2. The van der Waals surface area contributed by atoms with Gasteiger partial charge in [0.1, 0.15) is 37.3 Å². The van der Waals surface area contributed by atoms with E-state index in [9.17, 15) is 68.2 Å². The number of halogens is 10. The number of ether oxygens (including phenoxy) is 6. The predicted molar refractivity (Wildman–Crippen MR) is 156 cm³/mol. The third-order valence-electron chi connectivity index (χ3n) is 6.31. The van der Waals surface area contributed by atoms with Gasteiger partial charge in [0.15, 0.2) is 0 Å². The average molecular weight is 793 g/mol. The number of cyclic esters (lactones) is 2. The molecule has 3 rings (SSSR count). The fourth-order valence-electron chi connectivity index (χ4n) is 3.10. The number of esters is 2. The molecular weight excluding hydrogens is 766 g/mol. The molecule has 1 heterocycles. The monoisotopic (exact) mass is 792 g/mol. The number of aliphatic hydroxyl groups is 2. The number of hydrogen-bond donors (Lipinski definition) is 2. The summed E-state index contributed by atoms with van der Waals surface area (Å²) < 4.78 is 158. The van der Waals surface area contributed by atoms with E-state index in [0.29, 0.717) is 6.42 Å². The van der Waals surface area contributed by atoms with Crippen molar-refractivity contribution in [2.24, 2.45) is 10.8 Å². The summed E-state index contributed by atoms with van der Waals surface area (Å²) in [6, 6.07) is 0. The third-order valence-corrected chi connectivity index (χ3v) is 6.31. The quantitative estimate of drug-likeness (QED) is 0.0636. The SMILES string of the molecule is C#CCCO.C#CCCOC(=O)OCC(C)(CO)C(=O)Oc1c(F)c(F)c(F)c(F)c1F.CC1(C(=O)Oc2c(F)c(F)c(F)c(F)c2F)COC(=O)OC1. The van der Waals surface area contributed by atoms with Gasteiger partial charge in [-0.3, -0.25) is 9.59 Å². The molecule has 0 aromatic heterocycles. The fraction of sp³-hybridized carbons (Fsp3) is 0.375. The highest BCUT2D eigenvalue weighted by atomic mass is 19.2. The lowest BCUT2D eigenvalue weighted by Crippen LogP contribution is -2.45. The maximum atomic E-state index is 13.6. The van der Waals surface area contributed by atoms with Crippen molar-refractivity contribution in [3.8, 4) is 36.2 Å². The minimum Gasteiger partial charge on any atom is -0.433 e. The fourth-order valence-corrected chi connectivity index (χ4v) is 3.10. The van der Waals surface area contributed by atoms with Crippen LogP contribution in [0, 0.1) is 93.7 Å². The number of benzene rings is 2. The highest BCUT2D eigenvalue weighted by Crippen LogP contribution is 2.33. The molecule has 2 aromatic rings. The Balaban J connectivity index is 0.000000486. The van der Waals surface area contributed by atoms with Crippen LogP contribution in [0.1, 0.15) is 26.7 Å². The van der Waals surface area contributed by atoms with E-state index in [-0.39, 0.29) is 19.6 Å². The van der Waals surface area contributed by atoms with Gasteiger partial charge in [-0.05, 0) is 13.8 Å². The summed E-state index contributed by atoms with van der Waals surface area (Å²) in [5.74, 6) is -25.5. The molecule has 0 radical (unpaired) electrons. The Morgan fingerprint density at radius 2 is 1.13 bits per heavy atom. The van der Waals surface area contributed by atoms with Gasteiger partial charge in [0.25, 0.3) is 0 Å². The summed E-state index contributed by atoms with van der Waals surface area (Å²) >= 11 is 0. The largest absolute Gasteiger partial charge is 0.508 e. The molecule has 296 valence electrons. The maximum absolute atomic E-state index is 13.6. The topological polar surface area (TPSA) is 164 Å². The Bertz CT molecular complexity index is 1740. The first-order valence-electron chi connectivity index (χ1n) is 14.3. The molecule has 0 saturated carbocycles. The first kappa shape index (κ1) is 46.3. The normalized spacial score (nSPS) is 13.7. The van der Waals surface area contributed by atoms with Gasteiger partial charge in [-0.25, -0.2) is 35.9 Å². The number of rotatable bonds is 10. The zero-order valence-corrected chi connectivity index (χ0v) is 27.6. The van der Waals surface area contributed by atoms with Crippen LogP contribution in [0.4, 0.5) is 53.5 Å². The number of hydrogen-bond acceptors (Lipinski definition) is 12. The molecule has 1 fully saturated rings. The first-order valence-corrected chi connectivity index (χ1v) is 14.3. The number of carbonyl (C=O) groups excluding carboxylic acids is 4. The second-order valence-electron chi connectivity index (χ2n) is 10.7. The van der Waals surface area contributed by atoms with E-state index in [1.807, 2.05) is 0 Å². The summed E-state index contributed by atoms with van der Waals surface area (Å²) in [6.07, 6.45) is 7.87. The van der Waals surface area contributed by atoms with Gasteiger partial charge in [-0.2, -0.15) is 17.6 Å². The highest BCUT2D eigenvalue weighted by molar-refractivity contribution is 5.81. The highest BCUT2D eigenvalue weighted by Gasteiger charge is 2.44. The van der Waals surface area contributed by atoms with Crippen molar-refractivity contribution in [3.63, 3.8) is 0 Å². The predicted octanol–water partition coefficient (Wildman–Crippen LogP) is 4.93. The van der Waals surface area contributed by atoms with Crippen molar-refractivity contribution in [2.45, 2.75) is 26.7 Å². The Hall–Kier alpha value is -5.74. The zero-order valence-electron chi connectivity index (χ0n) is 27.6. The molecular formula is C32H26F10O12. The molecule has 1 aliphatic heterocycles. The summed E-state index contributed by atoms with van der Waals surface area (Å²) in [7, 11) is 0. The van der Waals surface area contributed by atoms with Crippen molar-refractivity contribution in [1.29, 1.82) is 0 Å². The van der Waals surface area contributed by atoms with Gasteiger partial charge in [0.05, 0.1) is 13.2 Å². The number of carbonyl (C=O) groups is 4. The first-order chi connectivity index (χ1) is 25.2. The second-order valence-corrected chi connectivity index (χ2v) is 10.7. The van der Waals surface area contributed by atoms with Crippen LogP contribution >= 0.6 is 0 Å². The molecule has 0 bridgehead atoms. The van der Waals surface area contributed by atoms with Crippen molar-refractivity contribution >= 4 is 24.2 Å². The lowest BCUT2D eigenvalue weighted by Gasteiger charge is -2.29. The van der Waals surface area contributed by atoms with E-state index in [1.54, 1.807) is 0 Å². The van der Waals surface area contributed by atoms with Crippen LogP contribution in [0.2, 0.25) is 0 Å². The van der Waals surface area contributed by atoms with E-state index >= 15 is 0 Å².